The summed E-state index contributed by atoms with van der Waals surface area (Å²) in [5, 5.41) is 1.20. The number of rotatable bonds is 1. The van der Waals surface area contributed by atoms with E-state index in [9.17, 15) is 0 Å². The Balaban J connectivity index is 2.91. The maximum atomic E-state index is 5.21. The van der Waals surface area contributed by atoms with Gasteiger partial charge in [0.2, 0.25) is 0 Å². The van der Waals surface area contributed by atoms with E-state index >= 15 is 0 Å². The molecule has 1 aromatic heterocycles. The van der Waals surface area contributed by atoms with Crippen molar-refractivity contribution in [1.82, 2.24) is 0 Å². The molecule has 52 valence electrons. The molecule has 0 amide bonds. The zero-order valence-corrected chi connectivity index (χ0v) is 6.90. The van der Waals surface area contributed by atoms with Crippen molar-refractivity contribution >= 4 is 16.3 Å². The smallest absolute Gasteiger partial charge is 0.0916 e. The Morgan fingerprint density at radius 3 is 2.50 bits per heavy atom. The molecule has 0 aliphatic carbocycles. The van der Waals surface area contributed by atoms with Gasteiger partial charge in [0.05, 0.1) is 9.88 Å². The molecule has 1 rings (SSSR count). The first-order valence-electron chi connectivity index (χ1n) is 2.98. The van der Waals surface area contributed by atoms with Crippen LogP contribution in [0.5, 0.6) is 0 Å². The first kappa shape index (κ1) is 7.17. The average Bonchev–Trinajstić information content (AvgIpc) is 2.34. The molecular weight excluding hydrogens is 142 g/mol. The van der Waals surface area contributed by atoms with E-state index in [1.807, 2.05) is 31.1 Å². The van der Waals surface area contributed by atoms with E-state index in [0.29, 0.717) is 0 Å². The van der Waals surface area contributed by atoms with E-state index in [2.05, 4.69) is 5.92 Å². The van der Waals surface area contributed by atoms with E-state index in [0.717, 1.165) is 4.88 Å². The summed E-state index contributed by atoms with van der Waals surface area (Å²) in [6, 6.07) is 3.99. The molecule has 0 saturated heterocycles. The maximum absolute atomic E-state index is 5.21. The minimum atomic E-state index is 0.990. The largest absolute Gasteiger partial charge is 0.370 e. The van der Waals surface area contributed by atoms with E-state index in [-0.39, 0.29) is 0 Å². The Morgan fingerprint density at radius 1 is 1.50 bits per heavy atom. The second-order valence-electron chi connectivity index (χ2n) is 2.18. The summed E-state index contributed by atoms with van der Waals surface area (Å²) in [5.74, 6) is 2.59. The lowest BCUT2D eigenvalue weighted by atomic mass is 10.5. The molecule has 0 fully saturated rings. The molecule has 1 heterocycles. The fourth-order valence-electron chi connectivity index (χ4n) is 0.646. The number of hydrogen-bond acceptors (Lipinski definition) is 2. The minimum absolute atomic E-state index is 0.990. The molecule has 0 saturated carbocycles. The number of nitrogens with zero attached hydrogens (tertiary/aromatic N) is 1. The Hall–Kier alpha value is -0.940. The third kappa shape index (κ3) is 1.31. The van der Waals surface area contributed by atoms with E-state index in [4.69, 9.17) is 6.42 Å². The van der Waals surface area contributed by atoms with Crippen molar-refractivity contribution in [3.05, 3.63) is 17.0 Å². The molecule has 1 nitrogen and oxygen atoms in total. The highest BCUT2D eigenvalue weighted by atomic mass is 32.1. The van der Waals surface area contributed by atoms with Gasteiger partial charge in [-0.1, -0.05) is 5.92 Å². The summed E-state index contributed by atoms with van der Waals surface area (Å²) in [5.41, 5.74) is 0. The van der Waals surface area contributed by atoms with Gasteiger partial charge in [-0.3, -0.25) is 0 Å². The first-order chi connectivity index (χ1) is 4.74. The first-order valence-corrected chi connectivity index (χ1v) is 3.79. The fraction of sp³-hybridized carbons (Fsp3) is 0.250. The van der Waals surface area contributed by atoms with Crippen LogP contribution >= 0.6 is 11.3 Å². The Bertz CT molecular complexity index is 254. The highest BCUT2D eigenvalue weighted by Gasteiger charge is 1.97. The van der Waals surface area contributed by atoms with Crippen molar-refractivity contribution in [3.63, 3.8) is 0 Å². The number of thiophene rings is 1. The second-order valence-corrected chi connectivity index (χ2v) is 3.24. The predicted molar refractivity (Wildman–Crippen MR) is 46.6 cm³/mol. The van der Waals surface area contributed by atoms with Gasteiger partial charge in [0.1, 0.15) is 0 Å². The Kier molecular flexibility index (Phi) is 1.98. The van der Waals surface area contributed by atoms with Crippen molar-refractivity contribution in [2.45, 2.75) is 0 Å². The molecule has 0 aliphatic rings. The zero-order valence-electron chi connectivity index (χ0n) is 6.09. The molecule has 0 aromatic carbocycles. The lowest BCUT2D eigenvalue weighted by Gasteiger charge is -2.06. The number of hydrogen-bond donors (Lipinski definition) is 0. The van der Waals surface area contributed by atoms with Crippen LogP contribution in [-0.4, -0.2) is 14.1 Å². The molecule has 2 heteroatoms. The van der Waals surface area contributed by atoms with Crippen LogP contribution in [0.4, 0.5) is 5.00 Å². The van der Waals surface area contributed by atoms with Crippen LogP contribution < -0.4 is 4.90 Å². The molecule has 0 bridgehead atoms. The van der Waals surface area contributed by atoms with Gasteiger partial charge in [0.25, 0.3) is 0 Å². The van der Waals surface area contributed by atoms with Gasteiger partial charge in [-0.25, -0.2) is 0 Å². The lowest BCUT2D eigenvalue weighted by molar-refractivity contribution is 1.16. The Morgan fingerprint density at radius 2 is 2.20 bits per heavy atom. The second kappa shape index (κ2) is 2.76. The van der Waals surface area contributed by atoms with Crippen LogP contribution in [0, 0.1) is 12.3 Å². The minimum Gasteiger partial charge on any atom is -0.370 e. The van der Waals surface area contributed by atoms with E-state index in [1.54, 1.807) is 11.3 Å². The molecule has 0 unspecified atom stereocenters. The molecule has 10 heavy (non-hydrogen) atoms. The van der Waals surface area contributed by atoms with Gasteiger partial charge in [-0.15, -0.1) is 17.8 Å². The molecule has 0 spiro atoms. The maximum Gasteiger partial charge on any atom is 0.0916 e. The number of anilines is 1. The summed E-state index contributed by atoms with van der Waals surface area (Å²) >= 11 is 1.63. The van der Waals surface area contributed by atoms with Crippen LogP contribution in [0.2, 0.25) is 0 Å². The third-order valence-electron chi connectivity index (χ3n) is 1.17. The van der Waals surface area contributed by atoms with Gasteiger partial charge in [0.15, 0.2) is 0 Å². The van der Waals surface area contributed by atoms with Crippen LogP contribution in [-0.2, 0) is 0 Å². The van der Waals surface area contributed by atoms with Gasteiger partial charge < -0.3 is 4.90 Å². The molecule has 0 radical (unpaired) electrons. The Labute approximate surface area is 65.3 Å². The van der Waals surface area contributed by atoms with Crippen molar-refractivity contribution in [2.75, 3.05) is 19.0 Å². The van der Waals surface area contributed by atoms with E-state index < -0.39 is 0 Å². The number of terminal acetylenes is 1. The summed E-state index contributed by atoms with van der Waals surface area (Å²) in [6.45, 7) is 0. The standard InChI is InChI=1S/C8H9NS/c1-4-7-5-6-8(10-7)9(2)3/h1,5-6H,2-3H3. The quantitative estimate of drug-likeness (QED) is 0.553. The monoisotopic (exact) mass is 151 g/mol. The summed E-state index contributed by atoms with van der Waals surface area (Å²) in [7, 11) is 4.01. The van der Waals surface area contributed by atoms with Crippen molar-refractivity contribution in [2.24, 2.45) is 0 Å². The zero-order chi connectivity index (χ0) is 7.56. The predicted octanol–water partition coefficient (Wildman–Crippen LogP) is 1.80. The van der Waals surface area contributed by atoms with Crippen LogP contribution in [0.25, 0.3) is 0 Å². The summed E-state index contributed by atoms with van der Waals surface area (Å²) in [6.07, 6.45) is 5.21. The van der Waals surface area contributed by atoms with Crippen LogP contribution in [0.3, 0.4) is 0 Å². The molecule has 1 aromatic rings. The summed E-state index contributed by atoms with van der Waals surface area (Å²) in [4.78, 5) is 3.04. The molecule has 0 aliphatic heterocycles. The van der Waals surface area contributed by atoms with Gasteiger partial charge >= 0.3 is 0 Å². The van der Waals surface area contributed by atoms with Crippen molar-refractivity contribution in [3.8, 4) is 12.3 Å². The highest BCUT2D eigenvalue weighted by molar-refractivity contribution is 7.16. The van der Waals surface area contributed by atoms with Crippen LogP contribution in [0.15, 0.2) is 12.1 Å². The third-order valence-corrected chi connectivity index (χ3v) is 2.36. The SMILES string of the molecule is C#Cc1ccc(N(C)C)s1. The summed E-state index contributed by atoms with van der Waals surface area (Å²) < 4.78 is 0. The van der Waals surface area contributed by atoms with Crippen molar-refractivity contribution < 1.29 is 0 Å². The molecule has 0 N–H and O–H groups in total. The lowest BCUT2D eigenvalue weighted by Crippen LogP contribution is -2.05. The van der Waals surface area contributed by atoms with Gasteiger partial charge in [-0.2, -0.15) is 0 Å². The topological polar surface area (TPSA) is 3.24 Å². The highest BCUT2D eigenvalue weighted by Crippen LogP contribution is 2.22. The molecule has 0 atom stereocenters. The van der Waals surface area contributed by atoms with Gasteiger partial charge in [0, 0.05) is 14.1 Å². The van der Waals surface area contributed by atoms with Gasteiger partial charge in [-0.05, 0) is 12.1 Å². The molecular formula is C8H9NS. The average molecular weight is 151 g/mol. The van der Waals surface area contributed by atoms with E-state index in [1.165, 1.54) is 5.00 Å². The normalized spacial score (nSPS) is 8.90. The van der Waals surface area contributed by atoms with Crippen molar-refractivity contribution in [1.29, 1.82) is 0 Å². The fourth-order valence-corrected chi connectivity index (χ4v) is 1.38. The van der Waals surface area contributed by atoms with Crippen LogP contribution in [0.1, 0.15) is 4.88 Å².